The third kappa shape index (κ3) is 2.44. The van der Waals surface area contributed by atoms with Crippen LogP contribution in [0.15, 0.2) is 22.7 Å². The molecule has 0 atom stereocenters. The van der Waals surface area contributed by atoms with E-state index in [1.807, 2.05) is 19.1 Å². The summed E-state index contributed by atoms with van der Waals surface area (Å²) in [7, 11) is 0. The number of nitrogens with one attached hydrogen (secondary N) is 2. The summed E-state index contributed by atoms with van der Waals surface area (Å²) in [4.78, 5) is 15.5. The van der Waals surface area contributed by atoms with Crippen molar-refractivity contribution in [2.45, 2.75) is 6.92 Å². The number of H-pyrrole nitrogens is 1. The molecule has 1 aromatic heterocycles. The second kappa shape index (κ2) is 4.54. The van der Waals surface area contributed by atoms with Crippen LogP contribution in [0, 0.1) is 6.92 Å². The average molecular weight is 296 g/mol. The topological polar surface area (TPSA) is 96.7 Å². The number of benzene rings is 1. The summed E-state index contributed by atoms with van der Waals surface area (Å²) < 4.78 is 0.924. The molecule has 0 spiro atoms. The number of carbonyl (C=O) groups is 1. The zero-order valence-corrected chi connectivity index (χ0v) is 10.6. The fourth-order valence-corrected chi connectivity index (χ4v) is 1.67. The molecule has 0 fully saturated rings. The van der Waals surface area contributed by atoms with Crippen molar-refractivity contribution in [3.05, 3.63) is 34.1 Å². The predicted octanol–water partition coefficient (Wildman–Crippen LogP) is 1.71. The normalized spacial score (nSPS) is 10.2. The van der Waals surface area contributed by atoms with Gasteiger partial charge >= 0.3 is 0 Å². The van der Waals surface area contributed by atoms with Crippen LogP contribution in [0.2, 0.25) is 0 Å². The van der Waals surface area contributed by atoms with Crippen molar-refractivity contribution in [2.75, 3.05) is 11.1 Å². The van der Waals surface area contributed by atoms with E-state index in [0.29, 0.717) is 5.69 Å². The van der Waals surface area contributed by atoms with Crippen molar-refractivity contribution in [2.24, 2.45) is 0 Å². The number of carbonyl (C=O) groups excluding carboxylic acids is 1. The molecule has 0 aliphatic heterocycles. The first-order valence-corrected chi connectivity index (χ1v) is 5.61. The van der Waals surface area contributed by atoms with E-state index >= 15 is 0 Å². The Morgan fingerprint density at radius 1 is 1.53 bits per heavy atom. The highest BCUT2D eigenvalue weighted by atomic mass is 79.9. The van der Waals surface area contributed by atoms with Crippen molar-refractivity contribution < 1.29 is 4.79 Å². The number of anilines is 2. The first-order valence-electron chi connectivity index (χ1n) is 4.82. The molecule has 0 radical (unpaired) electrons. The fraction of sp³-hybridized carbons (Fsp3) is 0.100. The molecule has 1 heterocycles. The van der Waals surface area contributed by atoms with Gasteiger partial charge in [-0.3, -0.25) is 9.89 Å². The minimum Gasteiger partial charge on any atom is -0.366 e. The lowest BCUT2D eigenvalue weighted by atomic mass is 10.2. The Labute approximate surface area is 106 Å². The van der Waals surface area contributed by atoms with Crippen molar-refractivity contribution >= 4 is 33.5 Å². The van der Waals surface area contributed by atoms with Crippen LogP contribution >= 0.6 is 15.9 Å². The predicted molar refractivity (Wildman–Crippen MR) is 67.6 cm³/mol. The zero-order valence-electron chi connectivity index (χ0n) is 8.99. The van der Waals surface area contributed by atoms with Gasteiger partial charge in [0.05, 0.1) is 0 Å². The van der Waals surface area contributed by atoms with E-state index in [4.69, 9.17) is 5.73 Å². The maximum Gasteiger partial charge on any atom is 0.293 e. The molecule has 0 saturated heterocycles. The Morgan fingerprint density at radius 2 is 2.29 bits per heavy atom. The van der Waals surface area contributed by atoms with Gasteiger partial charge in [0.2, 0.25) is 11.8 Å². The first kappa shape index (κ1) is 11.6. The van der Waals surface area contributed by atoms with Crippen molar-refractivity contribution in [1.82, 2.24) is 15.2 Å². The number of halogens is 1. The van der Waals surface area contributed by atoms with Gasteiger partial charge in [0, 0.05) is 10.2 Å². The van der Waals surface area contributed by atoms with E-state index < -0.39 is 0 Å². The summed E-state index contributed by atoms with van der Waals surface area (Å²) in [5.41, 5.74) is 6.97. The lowest BCUT2D eigenvalue weighted by molar-refractivity contribution is 0.101. The Morgan fingerprint density at radius 3 is 2.94 bits per heavy atom. The van der Waals surface area contributed by atoms with Gasteiger partial charge in [-0.15, -0.1) is 5.10 Å². The zero-order chi connectivity index (χ0) is 12.4. The summed E-state index contributed by atoms with van der Waals surface area (Å²) >= 11 is 3.39. The number of amides is 1. The van der Waals surface area contributed by atoms with Crippen LogP contribution in [-0.2, 0) is 0 Å². The number of aromatic nitrogens is 3. The molecular formula is C10H10BrN5O. The lowest BCUT2D eigenvalue weighted by Crippen LogP contribution is -2.14. The molecule has 1 aromatic carbocycles. The second-order valence-corrected chi connectivity index (χ2v) is 4.26. The lowest BCUT2D eigenvalue weighted by Gasteiger charge is -2.07. The number of nitrogen functional groups attached to an aromatic ring is 1. The van der Waals surface area contributed by atoms with E-state index in [1.54, 1.807) is 6.07 Å². The number of rotatable bonds is 2. The maximum atomic E-state index is 11.8. The molecule has 6 nitrogen and oxygen atoms in total. The van der Waals surface area contributed by atoms with Gasteiger partial charge < -0.3 is 11.1 Å². The van der Waals surface area contributed by atoms with E-state index in [2.05, 4.69) is 36.4 Å². The molecule has 88 valence electrons. The molecule has 7 heteroatoms. The third-order valence-corrected chi connectivity index (χ3v) is 3.09. The largest absolute Gasteiger partial charge is 0.366 e. The minimum absolute atomic E-state index is 0.0427. The monoisotopic (exact) mass is 295 g/mol. The maximum absolute atomic E-state index is 11.8. The average Bonchev–Trinajstić information content (AvgIpc) is 2.72. The molecule has 0 unspecified atom stereocenters. The molecule has 0 bridgehead atoms. The van der Waals surface area contributed by atoms with Crippen LogP contribution in [0.25, 0.3) is 0 Å². The quantitative estimate of drug-likeness (QED) is 0.786. The number of nitrogens with zero attached hydrogens (tertiary/aromatic N) is 2. The van der Waals surface area contributed by atoms with Crippen LogP contribution in [0.3, 0.4) is 0 Å². The highest BCUT2D eigenvalue weighted by Gasteiger charge is 2.12. The minimum atomic E-state index is -0.379. The molecule has 0 aliphatic carbocycles. The van der Waals surface area contributed by atoms with Crippen LogP contribution in [0.5, 0.6) is 0 Å². The van der Waals surface area contributed by atoms with Gasteiger partial charge in [0.25, 0.3) is 5.91 Å². The van der Waals surface area contributed by atoms with Gasteiger partial charge in [-0.2, -0.15) is 4.98 Å². The van der Waals surface area contributed by atoms with E-state index in [1.165, 1.54) is 0 Å². The Kier molecular flexibility index (Phi) is 3.10. The fourth-order valence-electron chi connectivity index (χ4n) is 1.30. The summed E-state index contributed by atoms with van der Waals surface area (Å²) in [6.45, 7) is 1.90. The first-order chi connectivity index (χ1) is 8.08. The van der Waals surface area contributed by atoms with Crippen molar-refractivity contribution in [1.29, 1.82) is 0 Å². The molecule has 1 amide bonds. The number of aromatic amines is 1. The van der Waals surface area contributed by atoms with E-state index in [-0.39, 0.29) is 17.7 Å². The van der Waals surface area contributed by atoms with Gasteiger partial charge in [0.15, 0.2) is 0 Å². The number of hydrogen-bond acceptors (Lipinski definition) is 4. The SMILES string of the molecule is Cc1c(Br)cccc1NC(=O)c1nc(N)n[nH]1. The van der Waals surface area contributed by atoms with E-state index in [9.17, 15) is 4.79 Å². The molecular weight excluding hydrogens is 286 g/mol. The second-order valence-electron chi connectivity index (χ2n) is 3.41. The van der Waals surface area contributed by atoms with Crippen molar-refractivity contribution in [3.8, 4) is 0 Å². The Hall–Kier alpha value is -1.89. The molecule has 17 heavy (non-hydrogen) atoms. The van der Waals surface area contributed by atoms with Crippen molar-refractivity contribution in [3.63, 3.8) is 0 Å². The third-order valence-electron chi connectivity index (χ3n) is 2.23. The number of hydrogen-bond donors (Lipinski definition) is 3. The molecule has 4 N–H and O–H groups in total. The van der Waals surface area contributed by atoms with E-state index in [0.717, 1.165) is 10.0 Å². The Bertz CT molecular complexity index is 566. The standard InChI is InChI=1S/C10H10BrN5O/c1-5-6(11)3-2-4-7(5)13-9(17)8-14-10(12)16-15-8/h2-4H,1H3,(H,13,17)(H3,12,14,15,16). The Balaban J connectivity index is 2.21. The van der Waals surface area contributed by atoms with Crippen LogP contribution in [0.1, 0.15) is 16.2 Å². The summed E-state index contributed by atoms with van der Waals surface area (Å²) in [5, 5.41) is 8.76. The van der Waals surface area contributed by atoms with Gasteiger partial charge in [-0.1, -0.05) is 22.0 Å². The highest BCUT2D eigenvalue weighted by molar-refractivity contribution is 9.10. The van der Waals surface area contributed by atoms with Gasteiger partial charge in [-0.05, 0) is 24.6 Å². The molecule has 0 aliphatic rings. The van der Waals surface area contributed by atoms with Crippen LogP contribution in [-0.4, -0.2) is 21.1 Å². The highest BCUT2D eigenvalue weighted by Crippen LogP contribution is 2.23. The van der Waals surface area contributed by atoms with Gasteiger partial charge in [0.1, 0.15) is 0 Å². The van der Waals surface area contributed by atoms with Gasteiger partial charge in [-0.25, -0.2) is 0 Å². The summed E-state index contributed by atoms with van der Waals surface area (Å²) in [6.07, 6.45) is 0. The molecule has 0 saturated carbocycles. The number of nitrogens with two attached hydrogens (primary N) is 1. The molecule has 2 aromatic rings. The smallest absolute Gasteiger partial charge is 0.293 e. The summed E-state index contributed by atoms with van der Waals surface area (Å²) in [6, 6.07) is 5.54. The van der Waals surface area contributed by atoms with Crippen LogP contribution < -0.4 is 11.1 Å². The van der Waals surface area contributed by atoms with Crippen LogP contribution in [0.4, 0.5) is 11.6 Å². The molecule has 2 rings (SSSR count). The summed E-state index contributed by atoms with van der Waals surface area (Å²) in [5.74, 6) is -0.251.